The fourth-order valence-electron chi connectivity index (χ4n) is 2.88. The molecular formula is C18H20N2O4. The Morgan fingerprint density at radius 3 is 2.96 bits per heavy atom. The molecule has 3 rings (SSSR count). The third-order valence-electron chi connectivity index (χ3n) is 4.16. The molecule has 1 atom stereocenters. The number of nitrogens with zero attached hydrogens (tertiary/aromatic N) is 1. The minimum Gasteiger partial charge on any atom is -0.495 e. The van der Waals surface area contributed by atoms with Gasteiger partial charge in [-0.1, -0.05) is 6.07 Å². The van der Waals surface area contributed by atoms with E-state index in [1.807, 2.05) is 25.1 Å². The van der Waals surface area contributed by atoms with Crippen LogP contribution < -0.4 is 15.0 Å². The van der Waals surface area contributed by atoms with Crippen LogP contribution in [0.4, 0.5) is 5.69 Å². The highest BCUT2D eigenvalue weighted by molar-refractivity contribution is 6.10. The average molecular weight is 328 g/mol. The Bertz CT molecular complexity index is 739. The van der Waals surface area contributed by atoms with Crippen molar-refractivity contribution >= 4 is 17.5 Å². The van der Waals surface area contributed by atoms with E-state index in [1.165, 1.54) is 0 Å². The van der Waals surface area contributed by atoms with Crippen LogP contribution in [0.3, 0.4) is 0 Å². The number of furan rings is 1. The highest BCUT2D eigenvalue weighted by atomic mass is 16.5. The number of benzene rings is 1. The predicted molar refractivity (Wildman–Crippen MR) is 88.7 cm³/mol. The van der Waals surface area contributed by atoms with E-state index in [0.29, 0.717) is 30.2 Å². The van der Waals surface area contributed by atoms with Gasteiger partial charge in [-0.3, -0.25) is 9.59 Å². The van der Waals surface area contributed by atoms with Gasteiger partial charge in [-0.05, 0) is 43.2 Å². The number of rotatable bonds is 5. The maximum Gasteiger partial charge on any atom is 0.239 e. The molecule has 2 heterocycles. The fourth-order valence-corrected chi connectivity index (χ4v) is 2.88. The van der Waals surface area contributed by atoms with Crippen LogP contribution in [0.15, 0.2) is 41.0 Å². The third-order valence-corrected chi connectivity index (χ3v) is 4.16. The van der Waals surface area contributed by atoms with E-state index in [2.05, 4.69) is 5.32 Å². The maximum atomic E-state index is 12.7. The Morgan fingerprint density at radius 1 is 1.42 bits per heavy atom. The standard InChI is InChI=1S/C18H20N2O4/c1-12-5-6-16(23-2)15(10-12)20-8-7-14(18(20)22)17(21)19-11-13-4-3-9-24-13/h3-6,9-10,14H,7-8,11H2,1-2H3,(H,19,21). The summed E-state index contributed by atoms with van der Waals surface area (Å²) in [5.74, 6) is 0.142. The SMILES string of the molecule is COc1ccc(C)cc1N1CCC(C(=O)NCc2ccco2)C1=O. The van der Waals surface area contributed by atoms with Gasteiger partial charge in [0, 0.05) is 6.54 Å². The summed E-state index contributed by atoms with van der Waals surface area (Å²) in [6, 6.07) is 9.20. The van der Waals surface area contributed by atoms with Gasteiger partial charge >= 0.3 is 0 Å². The number of aryl methyl sites for hydroxylation is 1. The summed E-state index contributed by atoms with van der Waals surface area (Å²) in [6.45, 7) is 2.73. The molecule has 126 valence electrons. The van der Waals surface area contributed by atoms with Gasteiger partial charge in [0.1, 0.15) is 17.4 Å². The van der Waals surface area contributed by atoms with Gasteiger partial charge < -0.3 is 19.4 Å². The molecule has 2 amide bonds. The van der Waals surface area contributed by atoms with Crippen molar-refractivity contribution in [2.45, 2.75) is 19.9 Å². The van der Waals surface area contributed by atoms with E-state index in [1.54, 1.807) is 30.4 Å². The molecule has 6 heteroatoms. The molecule has 1 aliphatic heterocycles. The first-order chi connectivity index (χ1) is 11.6. The van der Waals surface area contributed by atoms with E-state index in [9.17, 15) is 9.59 Å². The lowest BCUT2D eigenvalue weighted by molar-refractivity contribution is -0.132. The summed E-state index contributed by atoms with van der Waals surface area (Å²) in [4.78, 5) is 26.6. The van der Waals surface area contributed by atoms with Crippen molar-refractivity contribution in [2.75, 3.05) is 18.6 Å². The third kappa shape index (κ3) is 3.13. The van der Waals surface area contributed by atoms with Crippen LogP contribution in [0.25, 0.3) is 0 Å². The number of anilines is 1. The molecule has 0 saturated carbocycles. The zero-order valence-electron chi connectivity index (χ0n) is 13.7. The van der Waals surface area contributed by atoms with Crippen LogP contribution in [0.5, 0.6) is 5.75 Å². The van der Waals surface area contributed by atoms with E-state index >= 15 is 0 Å². The quantitative estimate of drug-likeness (QED) is 0.855. The summed E-state index contributed by atoms with van der Waals surface area (Å²) >= 11 is 0. The highest BCUT2D eigenvalue weighted by Crippen LogP contribution is 2.34. The topological polar surface area (TPSA) is 71.8 Å². The first kappa shape index (κ1) is 16.1. The molecule has 0 aliphatic carbocycles. The second kappa shape index (κ2) is 6.78. The number of ether oxygens (including phenoxy) is 1. The molecule has 6 nitrogen and oxygen atoms in total. The molecule has 24 heavy (non-hydrogen) atoms. The normalized spacial score (nSPS) is 17.2. The first-order valence-corrected chi connectivity index (χ1v) is 7.86. The van der Waals surface area contributed by atoms with Crippen LogP contribution >= 0.6 is 0 Å². The summed E-state index contributed by atoms with van der Waals surface area (Å²) in [6.07, 6.45) is 2.04. The second-order valence-electron chi connectivity index (χ2n) is 5.80. The van der Waals surface area contributed by atoms with Gasteiger partial charge in [0.15, 0.2) is 0 Å². The molecule has 2 aromatic rings. The van der Waals surface area contributed by atoms with Gasteiger partial charge in [0.2, 0.25) is 11.8 Å². The number of methoxy groups -OCH3 is 1. The second-order valence-corrected chi connectivity index (χ2v) is 5.80. The Morgan fingerprint density at radius 2 is 2.25 bits per heavy atom. The van der Waals surface area contributed by atoms with Crippen molar-refractivity contribution in [3.05, 3.63) is 47.9 Å². The van der Waals surface area contributed by atoms with Crippen molar-refractivity contribution in [1.82, 2.24) is 5.32 Å². The Balaban J connectivity index is 1.70. The molecule has 1 aromatic heterocycles. The summed E-state index contributed by atoms with van der Waals surface area (Å²) in [5.41, 5.74) is 1.74. The molecule has 1 fully saturated rings. The van der Waals surface area contributed by atoms with E-state index in [0.717, 1.165) is 5.56 Å². The lowest BCUT2D eigenvalue weighted by atomic mass is 10.1. The van der Waals surface area contributed by atoms with Crippen LogP contribution in [-0.4, -0.2) is 25.5 Å². The molecule has 1 aromatic carbocycles. The molecule has 0 spiro atoms. The molecule has 1 N–H and O–H groups in total. The average Bonchev–Trinajstić information content (AvgIpc) is 3.22. The summed E-state index contributed by atoms with van der Waals surface area (Å²) < 4.78 is 10.5. The monoisotopic (exact) mass is 328 g/mol. The van der Waals surface area contributed by atoms with Crippen molar-refractivity contribution in [3.8, 4) is 5.75 Å². The zero-order chi connectivity index (χ0) is 17.1. The molecule has 1 aliphatic rings. The summed E-state index contributed by atoms with van der Waals surface area (Å²) in [5, 5.41) is 2.76. The van der Waals surface area contributed by atoms with Crippen LogP contribution in [0.2, 0.25) is 0 Å². The van der Waals surface area contributed by atoms with Crippen LogP contribution in [0.1, 0.15) is 17.7 Å². The van der Waals surface area contributed by atoms with Gasteiger partial charge in [-0.25, -0.2) is 0 Å². The highest BCUT2D eigenvalue weighted by Gasteiger charge is 2.38. The van der Waals surface area contributed by atoms with Crippen molar-refractivity contribution < 1.29 is 18.7 Å². The minimum atomic E-state index is -0.676. The maximum absolute atomic E-state index is 12.7. The Labute approximate surface area is 140 Å². The molecule has 0 radical (unpaired) electrons. The number of carbonyl (C=O) groups is 2. The number of hydrogen-bond donors (Lipinski definition) is 1. The Hall–Kier alpha value is -2.76. The van der Waals surface area contributed by atoms with E-state index < -0.39 is 5.92 Å². The van der Waals surface area contributed by atoms with E-state index in [-0.39, 0.29) is 18.4 Å². The minimum absolute atomic E-state index is 0.198. The lowest BCUT2D eigenvalue weighted by Gasteiger charge is -2.20. The summed E-state index contributed by atoms with van der Waals surface area (Å²) in [7, 11) is 1.57. The van der Waals surface area contributed by atoms with Crippen molar-refractivity contribution in [1.29, 1.82) is 0 Å². The molecule has 0 bridgehead atoms. The van der Waals surface area contributed by atoms with Gasteiger partial charge in [-0.2, -0.15) is 0 Å². The molecular weight excluding hydrogens is 308 g/mol. The van der Waals surface area contributed by atoms with E-state index in [4.69, 9.17) is 9.15 Å². The predicted octanol–water partition coefficient (Wildman–Crippen LogP) is 2.27. The number of carbonyl (C=O) groups excluding carboxylic acids is 2. The number of hydrogen-bond acceptors (Lipinski definition) is 4. The number of nitrogens with one attached hydrogen (secondary N) is 1. The van der Waals surface area contributed by atoms with Gasteiger partial charge in [-0.15, -0.1) is 0 Å². The van der Waals surface area contributed by atoms with Gasteiger partial charge in [0.05, 0.1) is 25.6 Å². The van der Waals surface area contributed by atoms with Crippen LogP contribution in [-0.2, 0) is 16.1 Å². The Kier molecular flexibility index (Phi) is 4.55. The van der Waals surface area contributed by atoms with Gasteiger partial charge in [0.25, 0.3) is 0 Å². The van der Waals surface area contributed by atoms with Crippen molar-refractivity contribution in [3.63, 3.8) is 0 Å². The number of amides is 2. The first-order valence-electron chi connectivity index (χ1n) is 7.86. The zero-order valence-corrected chi connectivity index (χ0v) is 13.7. The molecule has 1 unspecified atom stereocenters. The largest absolute Gasteiger partial charge is 0.495 e. The smallest absolute Gasteiger partial charge is 0.239 e. The van der Waals surface area contributed by atoms with Crippen LogP contribution in [0, 0.1) is 12.8 Å². The lowest BCUT2D eigenvalue weighted by Crippen LogP contribution is -2.36. The fraction of sp³-hybridized carbons (Fsp3) is 0.333. The van der Waals surface area contributed by atoms with Crippen molar-refractivity contribution in [2.24, 2.45) is 5.92 Å². The molecule has 1 saturated heterocycles.